The van der Waals surface area contributed by atoms with Crippen LogP contribution in [0.5, 0.6) is 0 Å². The zero-order valence-corrected chi connectivity index (χ0v) is 9.89. The second kappa shape index (κ2) is 6.22. The fraction of sp³-hybridized carbons (Fsp3) is 0.700. The van der Waals surface area contributed by atoms with Crippen molar-refractivity contribution in [2.24, 2.45) is 0 Å². The zero-order chi connectivity index (χ0) is 12.0. The molecule has 0 aliphatic heterocycles. The summed E-state index contributed by atoms with van der Waals surface area (Å²) in [7, 11) is 0. The van der Waals surface area contributed by atoms with Crippen LogP contribution in [0.2, 0.25) is 0 Å². The number of aromatic nitrogens is 2. The Kier molecular flexibility index (Phi) is 4.91. The van der Waals surface area contributed by atoms with Gasteiger partial charge in [-0.25, -0.2) is 4.63 Å². The number of esters is 1. The van der Waals surface area contributed by atoms with E-state index in [2.05, 4.69) is 14.9 Å². The van der Waals surface area contributed by atoms with E-state index in [1.807, 2.05) is 18.7 Å². The van der Waals surface area contributed by atoms with Gasteiger partial charge in [0.05, 0.1) is 13.2 Å². The van der Waals surface area contributed by atoms with Crippen LogP contribution < -0.4 is 0 Å². The van der Waals surface area contributed by atoms with Gasteiger partial charge in [0.1, 0.15) is 11.4 Å². The molecular weight excluding hydrogens is 210 g/mol. The highest BCUT2D eigenvalue weighted by molar-refractivity contribution is 5.71. The molecule has 16 heavy (non-hydrogen) atoms. The van der Waals surface area contributed by atoms with E-state index in [4.69, 9.17) is 4.74 Å². The van der Waals surface area contributed by atoms with Crippen LogP contribution in [0.3, 0.4) is 0 Å². The summed E-state index contributed by atoms with van der Waals surface area (Å²) in [5.41, 5.74) is 1.51. The Bertz CT molecular complexity index is 338. The van der Waals surface area contributed by atoms with Crippen molar-refractivity contribution >= 4 is 5.97 Å². The van der Waals surface area contributed by atoms with Gasteiger partial charge >= 0.3 is 5.97 Å². The van der Waals surface area contributed by atoms with Gasteiger partial charge in [-0.1, -0.05) is 17.2 Å². The monoisotopic (exact) mass is 227 g/mol. The molecule has 0 aliphatic carbocycles. The van der Waals surface area contributed by atoms with Gasteiger partial charge in [-0.2, -0.15) is 0 Å². The predicted octanol–water partition coefficient (Wildman–Crippen LogP) is 0.763. The van der Waals surface area contributed by atoms with Crippen LogP contribution >= 0.6 is 0 Å². The summed E-state index contributed by atoms with van der Waals surface area (Å²) >= 11 is 0. The molecule has 0 aromatic carbocycles. The van der Waals surface area contributed by atoms with Crippen LogP contribution in [0.15, 0.2) is 4.63 Å². The van der Waals surface area contributed by atoms with Gasteiger partial charge in [-0.05, 0) is 20.4 Å². The third-order valence-corrected chi connectivity index (χ3v) is 2.23. The summed E-state index contributed by atoms with van der Waals surface area (Å²) in [6, 6.07) is 0. The summed E-state index contributed by atoms with van der Waals surface area (Å²) in [5, 5.41) is 7.47. The van der Waals surface area contributed by atoms with Gasteiger partial charge in [0.15, 0.2) is 0 Å². The summed E-state index contributed by atoms with van der Waals surface area (Å²) < 4.78 is 9.48. The first-order valence-electron chi connectivity index (χ1n) is 5.33. The molecule has 0 fully saturated rings. The molecule has 90 valence electrons. The molecule has 0 saturated carbocycles. The molecular formula is C10H17N3O3. The van der Waals surface area contributed by atoms with Crippen molar-refractivity contribution in [2.45, 2.75) is 27.3 Å². The molecule has 1 aromatic rings. The average molecular weight is 227 g/mol. The van der Waals surface area contributed by atoms with Gasteiger partial charge in [-0.15, -0.1) is 0 Å². The van der Waals surface area contributed by atoms with Crippen LogP contribution in [-0.2, 0) is 16.1 Å². The second-order valence-corrected chi connectivity index (χ2v) is 3.40. The average Bonchev–Trinajstić information content (AvgIpc) is 2.64. The van der Waals surface area contributed by atoms with E-state index < -0.39 is 0 Å². The van der Waals surface area contributed by atoms with Crippen molar-refractivity contribution in [3.05, 3.63) is 11.4 Å². The van der Waals surface area contributed by atoms with Crippen LogP contribution in [0, 0.1) is 6.92 Å². The maximum atomic E-state index is 11.3. The quantitative estimate of drug-likeness (QED) is 0.668. The third kappa shape index (κ3) is 3.62. The molecule has 1 heterocycles. The summed E-state index contributed by atoms with van der Waals surface area (Å²) in [4.78, 5) is 13.2. The lowest BCUT2D eigenvalue weighted by Crippen LogP contribution is -2.30. The molecule has 0 amide bonds. The van der Waals surface area contributed by atoms with E-state index >= 15 is 0 Å². The highest BCUT2D eigenvalue weighted by atomic mass is 16.6. The largest absolute Gasteiger partial charge is 0.465 e. The van der Waals surface area contributed by atoms with Crippen molar-refractivity contribution in [3.63, 3.8) is 0 Å². The predicted molar refractivity (Wildman–Crippen MR) is 56.6 cm³/mol. The first-order chi connectivity index (χ1) is 7.67. The van der Waals surface area contributed by atoms with Gasteiger partial charge in [0.25, 0.3) is 0 Å². The van der Waals surface area contributed by atoms with E-state index in [0.29, 0.717) is 13.2 Å². The van der Waals surface area contributed by atoms with Gasteiger partial charge in [0, 0.05) is 6.54 Å². The molecule has 0 aliphatic rings. The Morgan fingerprint density at radius 3 is 2.69 bits per heavy atom. The van der Waals surface area contributed by atoms with Crippen LogP contribution in [0.1, 0.15) is 25.2 Å². The van der Waals surface area contributed by atoms with Gasteiger partial charge in [-0.3, -0.25) is 9.69 Å². The van der Waals surface area contributed by atoms with E-state index in [1.54, 1.807) is 6.92 Å². The number of nitrogens with zero attached hydrogens (tertiary/aromatic N) is 3. The van der Waals surface area contributed by atoms with Crippen molar-refractivity contribution in [1.82, 2.24) is 15.2 Å². The minimum Gasteiger partial charge on any atom is -0.465 e. The Labute approximate surface area is 94.5 Å². The van der Waals surface area contributed by atoms with E-state index in [0.717, 1.165) is 17.9 Å². The molecule has 0 bridgehead atoms. The Morgan fingerprint density at radius 1 is 1.44 bits per heavy atom. The number of carbonyl (C=O) groups excluding carboxylic acids is 1. The van der Waals surface area contributed by atoms with E-state index in [-0.39, 0.29) is 12.5 Å². The van der Waals surface area contributed by atoms with E-state index in [9.17, 15) is 4.79 Å². The van der Waals surface area contributed by atoms with Crippen molar-refractivity contribution in [1.29, 1.82) is 0 Å². The fourth-order valence-corrected chi connectivity index (χ4v) is 1.27. The molecule has 0 atom stereocenters. The maximum Gasteiger partial charge on any atom is 0.320 e. The normalized spacial score (nSPS) is 10.8. The Morgan fingerprint density at radius 2 is 2.19 bits per heavy atom. The van der Waals surface area contributed by atoms with Crippen LogP contribution in [-0.4, -0.2) is 40.9 Å². The number of likely N-dealkylation sites (N-methyl/N-ethyl adjacent to an activating group) is 1. The smallest absolute Gasteiger partial charge is 0.320 e. The van der Waals surface area contributed by atoms with Gasteiger partial charge in [0.2, 0.25) is 0 Å². The van der Waals surface area contributed by atoms with E-state index in [1.165, 1.54) is 0 Å². The summed E-state index contributed by atoms with van der Waals surface area (Å²) in [6.07, 6.45) is 0. The highest BCUT2D eigenvalue weighted by Crippen LogP contribution is 2.05. The minimum absolute atomic E-state index is 0.224. The Hall–Kier alpha value is -1.43. The van der Waals surface area contributed by atoms with Crippen molar-refractivity contribution < 1.29 is 14.2 Å². The summed E-state index contributed by atoms with van der Waals surface area (Å²) in [6.45, 7) is 7.54. The minimum atomic E-state index is -0.224. The topological polar surface area (TPSA) is 68.5 Å². The number of rotatable bonds is 6. The number of hydrogen-bond donors (Lipinski definition) is 0. The lowest BCUT2D eigenvalue weighted by atomic mass is 10.3. The number of aryl methyl sites for hydroxylation is 1. The lowest BCUT2D eigenvalue weighted by molar-refractivity contribution is -0.144. The first-order valence-corrected chi connectivity index (χ1v) is 5.33. The number of carbonyl (C=O) groups is 1. The SMILES string of the molecule is CCOC(=O)CN(CC)Cc1nonc1C. The Balaban J connectivity index is 2.49. The zero-order valence-electron chi connectivity index (χ0n) is 9.89. The molecule has 1 aromatic heterocycles. The molecule has 0 radical (unpaired) electrons. The lowest BCUT2D eigenvalue weighted by Gasteiger charge is -2.17. The fourth-order valence-electron chi connectivity index (χ4n) is 1.27. The molecule has 0 spiro atoms. The maximum absolute atomic E-state index is 11.3. The first kappa shape index (κ1) is 12.6. The molecule has 0 N–H and O–H groups in total. The molecule has 0 unspecified atom stereocenters. The number of ether oxygens (including phenoxy) is 1. The highest BCUT2D eigenvalue weighted by Gasteiger charge is 2.14. The van der Waals surface area contributed by atoms with Crippen molar-refractivity contribution in [3.8, 4) is 0 Å². The summed E-state index contributed by atoms with van der Waals surface area (Å²) in [5.74, 6) is -0.224. The molecule has 1 rings (SSSR count). The van der Waals surface area contributed by atoms with Crippen LogP contribution in [0.25, 0.3) is 0 Å². The second-order valence-electron chi connectivity index (χ2n) is 3.40. The third-order valence-electron chi connectivity index (χ3n) is 2.23. The number of hydrogen-bond acceptors (Lipinski definition) is 6. The standard InChI is InChI=1S/C10H17N3O3/c1-4-13(7-10(14)15-5-2)6-9-8(3)11-16-12-9/h4-7H2,1-3H3. The molecule has 6 heteroatoms. The molecule has 6 nitrogen and oxygen atoms in total. The van der Waals surface area contributed by atoms with Gasteiger partial charge < -0.3 is 4.74 Å². The van der Waals surface area contributed by atoms with Crippen LogP contribution in [0.4, 0.5) is 0 Å². The van der Waals surface area contributed by atoms with Crippen molar-refractivity contribution in [2.75, 3.05) is 19.7 Å². The molecule has 0 saturated heterocycles.